The number of esters is 1. The van der Waals surface area contributed by atoms with Gasteiger partial charge in [0.05, 0.1) is 31.0 Å². The summed E-state index contributed by atoms with van der Waals surface area (Å²) >= 11 is 0. The van der Waals surface area contributed by atoms with Crippen LogP contribution in [0.15, 0.2) is 24.3 Å². The lowest BCUT2D eigenvalue weighted by Gasteiger charge is -2.46. The molecule has 0 radical (unpaired) electrons. The van der Waals surface area contributed by atoms with Gasteiger partial charge in [-0.2, -0.15) is 13.2 Å². The van der Waals surface area contributed by atoms with E-state index in [9.17, 15) is 27.5 Å². The number of aryl methyl sites for hydroxylation is 1. The molecule has 222 valence electrons. The van der Waals surface area contributed by atoms with Gasteiger partial charge in [-0.3, -0.25) is 14.6 Å². The monoisotopic (exact) mass is 579 g/mol. The number of benzene rings is 2. The smallest absolute Gasteiger partial charge is 0.446 e. The Balaban J connectivity index is 0.000000599. The molecular formula is C29H33F4N3O5. The van der Waals surface area contributed by atoms with Crippen LogP contribution in [0.5, 0.6) is 0 Å². The molecule has 0 saturated carbocycles. The summed E-state index contributed by atoms with van der Waals surface area (Å²) in [5, 5.41) is 11.0. The van der Waals surface area contributed by atoms with Crippen molar-refractivity contribution in [2.75, 3.05) is 39.3 Å². The van der Waals surface area contributed by atoms with Crippen LogP contribution in [0.3, 0.4) is 0 Å². The Kier molecular flexibility index (Phi) is 10.3. The van der Waals surface area contributed by atoms with Crippen molar-refractivity contribution in [2.24, 2.45) is 0 Å². The highest BCUT2D eigenvalue weighted by Crippen LogP contribution is 2.35. The maximum atomic E-state index is 13.9. The molecule has 41 heavy (non-hydrogen) atoms. The minimum Gasteiger partial charge on any atom is -0.457 e. The number of aliphatic hydroxyl groups is 1. The minimum atomic E-state index is -4.64. The quantitative estimate of drug-likeness (QED) is 0.240. The summed E-state index contributed by atoms with van der Waals surface area (Å²) in [4.78, 5) is 28.5. The number of nitrogens with zero attached hydrogens (tertiary/aromatic N) is 3. The average Bonchev–Trinajstić information content (AvgIpc) is 3.27. The predicted molar refractivity (Wildman–Crippen MR) is 142 cm³/mol. The van der Waals surface area contributed by atoms with Crippen LogP contribution in [0.2, 0.25) is 0 Å². The number of hydrogen-bond acceptors (Lipinski definition) is 7. The summed E-state index contributed by atoms with van der Waals surface area (Å²) in [6.07, 6.45) is -6.54. The lowest BCUT2D eigenvalue weighted by Crippen LogP contribution is -2.58. The van der Waals surface area contributed by atoms with E-state index in [1.165, 1.54) is 6.07 Å². The third-order valence-corrected chi connectivity index (χ3v) is 7.46. The van der Waals surface area contributed by atoms with Crippen molar-refractivity contribution in [3.05, 3.63) is 74.9 Å². The number of alkyl halides is 3. The number of piperazine rings is 1. The summed E-state index contributed by atoms with van der Waals surface area (Å²) in [7, 11) is 0. The van der Waals surface area contributed by atoms with Crippen LogP contribution in [-0.2, 0) is 20.9 Å². The minimum absolute atomic E-state index is 0. The molecule has 3 atom stereocenters. The lowest BCUT2D eigenvalue weighted by molar-refractivity contribution is -0.156. The molecule has 0 aromatic heterocycles. The first-order valence-corrected chi connectivity index (χ1v) is 12.7. The van der Waals surface area contributed by atoms with E-state index < -0.39 is 24.4 Å². The summed E-state index contributed by atoms with van der Waals surface area (Å²) in [5.74, 6) is -0.790. The third-order valence-electron chi connectivity index (χ3n) is 7.46. The molecule has 5 rings (SSSR count). The number of β-amino-alcohol motifs (C(OH)–C–C–N with tert-alkyl or cyclic N) is 1. The number of aliphatic hydroxyl groups excluding tert-OH is 1. The normalized spacial score (nSPS) is 21.3. The number of rotatable bonds is 4. The zero-order chi connectivity index (χ0) is 29.2. The topological polar surface area (TPSA) is 83.7 Å². The van der Waals surface area contributed by atoms with Gasteiger partial charge in [-0.05, 0) is 54.3 Å². The Morgan fingerprint density at radius 2 is 1.93 bits per heavy atom. The molecule has 3 heterocycles. The number of carbonyl (C=O) groups is 2. The summed E-state index contributed by atoms with van der Waals surface area (Å²) in [6.45, 7) is 15.4. The van der Waals surface area contributed by atoms with E-state index in [0.29, 0.717) is 30.8 Å². The van der Waals surface area contributed by atoms with Crippen LogP contribution < -0.4 is 0 Å². The Labute approximate surface area is 236 Å². The molecule has 12 heteroatoms. The first-order chi connectivity index (χ1) is 18.9. The Hall–Kier alpha value is -3.37. The van der Waals surface area contributed by atoms with Crippen LogP contribution in [0.1, 0.15) is 57.8 Å². The van der Waals surface area contributed by atoms with E-state index in [1.807, 2.05) is 19.1 Å². The van der Waals surface area contributed by atoms with E-state index >= 15 is 0 Å². The molecule has 2 aromatic rings. The SMILES string of the molecule is C.O=CC(F)(F)F.[C-]#[N+]c1c(F)ccc([C@@H]2CN3CCN(CC(O)c4cc5c(cc4C)C(=O)OC5)C[C@H]3CO2)c1C. The van der Waals surface area contributed by atoms with Gasteiger partial charge < -0.3 is 14.6 Å². The summed E-state index contributed by atoms with van der Waals surface area (Å²) in [5.41, 5.74) is 4.74. The van der Waals surface area contributed by atoms with Crippen LogP contribution >= 0.6 is 0 Å². The van der Waals surface area contributed by atoms with Crippen molar-refractivity contribution in [1.82, 2.24) is 9.80 Å². The zero-order valence-corrected chi connectivity index (χ0v) is 22.0. The van der Waals surface area contributed by atoms with Crippen LogP contribution in [-0.4, -0.2) is 78.7 Å². The van der Waals surface area contributed by atoms with Gasteiger partial charge in [-0.1, -0.05) is 13.5 Å². The van der Waals surface area contributed by atoms with Crippen LogP contribution in [0.4, 0.5) is 23.2 Å². The summed E-state index contributed by atoms with van der Waals surface area (Å²) < 4.78 is 56.5. The van der Waals surface area contributed by atoms with Crippen molar-refractivity contribution in [3.63, 3.8) is 0 Å². The number of halogens is 4. The van der Waals surface area contributed by atoms with Crippen molar-refractivity contribution in [3.8, 4) is 0 Å². The molecule has 0 amide bonds. The van der Waals surface area contributed by atoms with E-state index in [-0.39, 0.29) is 37.8 Å². The number of cyclic esters (lactones) is 1. The highest BCUT2D eigenvalue weighted by Gasteiger charge is 2.36. The third kappa shape index (κ3) is 7.29. The number of ether oxygens (including phenoxy) is 2. The largest absolute Gasteiger partial charge is 0.457 e. The zero-order valence-electron chi connectivity index (χ0n) is 22.0. The van der Waals surface area contributed by atoms with Crippen molar-refractivity contribution in [1.29, 1.82) is 0 Å². The second kappa shape index (κ2) is 13.1. The first kappa shape index (κ1) is 32.1. The van der Waals surface area contributed by atoms with Gasteiger partial charge in [-0.15, -0.1) is 0 Å². The van der Waals surface area contributed by atoms with Gasteiger partial charge in [0.15, 0.2) is 0 Å². The highest BCUT2D eigenvalue weighted by molar-refractivity contribution is 5.93. The number of carbonyl (C=O) groups excluding carboxylic acids is 2. The van der Waals surface area contributed by atoms with Gasteiger partial charge in [-0.25, -0.2) is 14.0 Å². The number of aldehydes is 1. The Bertz CT molecular complexity index is 1330. The second-order valence-electron chi connectivity index (χ2n) is 10.1. The van der Waals surface area contributed by atoms with Crippen LogP contribution in [0, 0.1) is 26.2 Å². The van der Waals surface area contributed by atoms with Gasteiger partial charge in [0.1, 0.15) is 12.4 Å². The fourth-order valence-electron chi connectivity index (χ4n) is 5.38. The molecule has 0 spiro atoms. The van der Waals surface area contributed by atoms with E-state index in [4.69, 9.17) is 20.8 Å². The van der Waals surface area contributed by atoms with E-state index in [0.717, 1.165) is 41.9 Å². The van der Waals surface area contributed by atoms with Gasteiger partial charge in [0, 0.05) is 44.3 Å². The fraction of sp³-hybridized carbons (Fsp3) is 0.483. The maximum Gasteiger partial charge on any atom is 0.446 e. The molecular weight excluding hydrogens is 546 g/mol. The van der Waals surface area contributed by atoms with Crippen molar-refractivity contribution in [2.45, 2.75) is 52.3 Å². The average molecular weight is 580 g/mol. The molecule has 3 aliphatic rings. The highest BCUT2D eigenvalue weighted by atomic mass is 19.4. The molecule has 0 aliphatic carbocycles. The maximum absolute atomic E-state index is 13.9. The molecule has 1 unspecified atom stereocenters. The molecule has 8 nitrogen and oxygen atoms in total. The number of fused-ring (bicyclic) bond motifs is 2. The molecule has 3 aliphatic heterocycles. The first-order valence-electron chi connectivity index (χ1n) is 12.7. The lowest BCUT2D eigenvalue weighted by atomic mass is 9.96. The van der Waals surface area contributed by atoms with Crippen molar-refractivity contribution >= 4 is 17.9 Å². The van der Waals surface area contributed by atoms with Gasteiger partial charge >= 0.3 is 12.1 Å². The molecule has 1 N–H and O–H groups in total. The van der Waals surface area contributed by atoms with E-state index in [1.54, 1.807) is 13.0 Å². The Morgan fingerprint density at radius 1 is 1.22 bits per heavy atom. The summed E-state index contributed by atoms with van der Waals surface area (Å²) in [6, 6.07) is 7.01. The fourth-order valence-corrected chi connectivity index (χ4v) is 5.38. The predicted octanol–water partition coefficient (Wildman–Crippen LogP) is 4.84. The van der Waals surface area contributed by atoms with Gasteiger partial charge in [0.25, 0.3) is 0 Å². The molecule has 2 aromatic carbocycles. The molecule has 2 fully saturated rings. The van der Waals surface area contributed by atoms with Crippen LogP contribution in [0.25, 0.3) is 4.85 Å². The standard InChI is InChI=1S/C26H28FN3O4.C2HF3O.CH4/c1-15-8-21-17(13-34-26(21)32)9-20(15)23(31)11-29-6-7-30-12-24(33-14-18(30)10-29)19-4-5-22(27)25(28-3)16(19)2;3-2(4,5)1-6;/h4-5,8-9,18,23-24,31H,6-7,10-14H2,1-2H3;1H;1H4/t18-,23?,24-;;/m0../s1. The second-order valence-corrected chi connectivity index (χ2v) is 10.1. The van der Waals surface area contributed by atoms with Gasteiger partial charge in [0.2, 0.25) is 12.0 Å². The van der Waals surface area contributed by atoms with E-state index in [2.05, 4.69) is 14.6 Å². The molecule has 0 bridgehead atoms. The molecule has 2 saturated heterocycles. The Morgan fingerprint density at radius 3 is 2.59 bits per heavy atom. The number of morpholine rings is 1. The van der Waals surface area contributed by atoms with Crippen molar-refractivity contribution < 1.29 is 41.7 Å². The number of hydrogen-bond donors (Lipinski definition) is 1.